The Morgan fingerprint density at radius 1 is 1.05 bits per heavy atom. The van der Waals surface area contributed by atoms with E-state index in [1.165, 1.54) is 12.8 Å². The number of ether oxygens (including phenoxy) is 1. The summed E-state index contributed by atoms with van der Waals surface area (Å²) < 4.78 is 5.56. The highest BCUT2D eigenvalue weighted by Crippen LogP contribution is 2.20. The molecule has 0 aliphatic heterocycles. The number of benzene rings is 1. The fourth-order valence-corrected chi connectivity index (χ4v) is 2.29. The summed E-state index contributed by atoms with van der Waals surface area (Å²) in [5.74, 6) is 0.880. The van der Waals surface area contributed by atoms with Crippen molar-refractivity contribution in [1.29, 1.82) is 0 Å². The summed E-state index contributed by atoms with van der Waals surface area (Å²) in [5, 5.41) is 10.3. The van der Waals surface area contributed by atoms with Gasteiger partial charge in [0.05, 0.1) is 12.7 Å². The number of hydrogen-bond acceptors (Lipinski definition) is 3. The summed E-state index contributed by atoms with van der Waals surface area (Å²) >= 11 is 0. The smallest absolute Gasteiger partial charge is 0.119 e. The van der Waals surface area contributed by atoms with E-state index in [-0.39, 0.29) is 6.10 Å². The van der Waals surface area contributed by atoms with Gasteiger partial charge in [-0.05, 0) is 50.0 Å². The third-order valence-electron chi connectivity index (χ3n) is 3.73. The Hall–Kier alpha value is -1.06. The number of aliphatic hydroxyl groups is 1. The molecule has 1 rings (SSSR count). The van der Waals surface area contributed by atoms with Crippen molar-refractivity contribution in [3.8, 4) is 5.75 Å². The van der Waals surface area contributed by atoms with Crippen LogP contribution in [-0.4, -0.2) is 36.2 Å². The molecule has 0 aromatic heterocycles. The maximum atomic E-state index is 10.3. The number of aliphatic hydroxyl groups excluding tert-OH is 1. The highest BCUT2D eigenvalue weighted by molar-refractivity contribution is 5.28. The molecule has 3 nitrogen and oxygen atoms in total. The van der Waals surface area contributed by atoms with Crippen molar-refractivity contribution in [2.24, 2.45) is 0 Å². The zero-order chi connectivity index (χ0) is 15.5. The molecule has 1 aromatic carbocycles. The molecular formula is C18H31NO2. The average Bonchev–Trinajstić information content (AvgIpc) is 2.53. The third-order valence-corrected chi connectivity index (χ3v) is 3.73. The van der Waals surface area contributed by atoms with Crippen LogP contribution >= 0.6 is 0 Å². The van der Waals surface area contributed by atoms with Gasteiger partial charge in [-0.15, -0.1) is 0 Å². The van der Waals surface area contributed by atoms with E-state index in [1.54, 1.807) is 0 Å². The summed E-state index contributed by atoms with van der Waals surface area (Å²) in [6.45, 7) is 10.4. The molecule has 0 aliphatic rings. The Balaban J connectivity index is 2.41. The monoisotopic (exact) mass is 293 g/mol. The standard InChI is InChI=1S/C18H31NO2/c1-4-7-13-19(6-3)14-12-18(20)16-8-10-17(11-9-16)21-15-5-2/h8-11,18,20H,4-7,12-15H2,1-3H3. The first-order valence-corrected chi connectivity index (χ1v) is 8.34. The second kappa shape index (κ2) is 10.6. The highest BCUT2D eigenvalue weighted by Gasteiger charge is 2.10. The minimum atomic E-state index is -0.388. The molecule has 0 fully saturated rings. The molecule has 1 aromatic rings. The van der Waals surface area contributed by atoms with Crippen LogP contribution in [0.15, 0.2) is 24.3 Å². The number of nitrogens with zero attached hydrogens (tertiary/aromatic N) is 1. The van der Waals surface area contributed by atoms with E-state index in [0.29, 0.717) is 0 Å². The molecular weight excluding hydrogens is 262 g/mol. The average molecular weight is 293 g/mol. The minimum absolute atomic E-state index is 0.388. The van der Waals surface area contributed by atoms with Gasteiger partial charge in [0.2, 0.25) is 0 Å². The molecule has 1 atom stereocenters. The van der Waals surface area contributed by atoms with E-state index < -0.39 is 0 Å². The van der Waals surface area contributed by atoms with Crippen LogP contribution in [0.5, 0.6) is 5.75 Å². The molecule has 0 radical (unpaired) electrons. The van der Waals surface area contributed by atoms with Gasteiger partial charge in [-0.25, -0.2) is 0 Å². The van der Waals surface area contributed by atoms with Crippen LogP contribution in [-0.2, 0) is 0 Å². The third kappa shape index (κ3) is 6.96. The lowest BCUT2D eigenvalue weighted by molar-refractivity contribution is 0.143. The van der Waals surface area contributed by atoms with Gasteiger partial charge < -0.3 is 14.7 Å². The van der Waals surface area contributed by atoms with Crippen molar-refractivity contribution in [2.45, 2.75) is 52.6 Å². The van der Waals surface area contributed by atoms with Crippen LogP contribution in [0.2, 0.25) is 0 Å². The Labute approximate surface area is 129 Å². The summed E-state index contributed by atoms with van der Waals surface area (Å²) in [4.78, 5) is 2.41. The van der Waals surface area contributed by atoms with E-state index in [1.807, 2.05) is 24.3 Å². The maximum Gasteiger partial charge on any atom is 0.119 e. The predicted octanol–water partition coefficient (Wildman–Crippen LogP) is 4.02. The van der Waals surface area contributed by atoms with Crippen molar-refractivity contribution in [2.75, 3.05) is 26.2 Å². The second-order valence-electron chi connectivity index (χ2n) is 5.51. The van der Waals surface area contributed by atoms with Gasteiger partial charge in [0.25, 0.3) is 0 Å². The highest BCUT2D eigenvalue weighted by atomic mass is 16.5. The van der Waals surface area contributed by atoms with Gasteiger partial charge in [0.1, 0.15) is 5.75 Å². The summed E-state index contributed by atoms with van der Waals surface area (Å²) in [6.07, 6.45) is 3.86. The first-order valence-electron chi connectivity index (χ1n) is 8.34. The van der Waals surface area contributed by atoms with E-state index in [4.69, 9.17) is 4.74 Å². The zero-order valence-electron chi connectivity index (χ0n) is 13.8. The SMILES string of the molecule is CCCCN(CC)CCC(O)c1ccc(OCCC)cc1. The lowest BCUT2D eigenvalue weighted by Gasteiger charge is -2.22. The maximum absolute atomic E-state index is 10.3. The second-order valence-corrected chi connectivity index (χ2v) is 5.51. The Morgan fingerprint density at radius 3 is 2.33 bits per heavy atom. The Bertz CT molecular complexity index is 364. The minimum Gasteiger partial charge on any atom is -0.494 e. The normalized spacial score (nSPS) is 12.6. The first-order chi connectivity index (χ1) is 10.2. The molecule has 1 N–H and O–H groups in total. The van der Waals surface area contributed by atoms with Crippen LogP contribution in [0.4, 0.5) is 0 Å². The molecule has 120 valence electrons. The quantitative estimate of drug-likeness (QED) is 0.669. The van der Waals surface area contributed by atoms with E-state index in [0.717, 1.165) is 50.4 Å². The van der Waals surface area contributed by atoms with Gasteiger partial charge in [0, 0.05) is 6.54 Å². The van der Waals surface area contributed by atoms with Crippen LogP contribution in [0.3, 0.4) is 0 Å². The zero-order valence-corrected chi connectivity index (χ0v) is 13.8. The Kier molecular flexibility index (Phi) is 9.11. The summed E-state index contributed by atoms with van der Waals surface area (Å²) in [7, 11) is 0. The lowest BCUT2D eigenvalue weighted by atomic mass is 10.1. The molecule has 0 saturated carbocycles. The fourth-order valence-electron chi connectivity index (χ4n) is 2.29. The molecule has 0 bridgehead atoms. The van der Waals surface area contributed by atoms with Crippen LogP contribution < -0.4 is 4.74 Å². The molecule has 1 unspecified atom stereocenters. The molecule has 0 spiro atoms. The summed E-state index contributed by atoms with van der Waals surface area (Å²) in [6, 6.07) is 7.84. The van der Waals surface area contributed by atoms with E-state index >= 15 is 0 Å². The molecule has 3 heteroatoms. The van der Waals surface area contributed by atoms with Crippen molar-refractivity contribution < 1.29 is 9.84 Å². The lowest BCUT2D eigenvalue weighted by Crippen LogP contribution is -2.26. The molecule has 21 heavy (non-hydrogen) atoms. The first kappa shape index (κ1) is 18.0. The molecule has 0 saturated heterocycles. The van der Waals surface area contributed by atoms with Crippen LogP contribution in [0, 0.1) is 0 Å². The van der Waals surface area contributed by atoms with Crippen LogP contribution in [0.1, 0.15) is 58.1 Å². The predicted molar refractivity (Wildman–Crippen MR) is 88.8 cm³/mol. The molecule has 0 amide bonds. The van der Waals surface area contributed by atoms with Crippen molar-refractivity contribution >= 4 is 0 Å². The number of unbranched alkanes of at least 4 members (excludes halogenated alkanes) is 1. The summed E-state index contributed by atoms with van der Waals surface area (Å²) in [5.41, 5.74) is 0.977. The molecule has 0 heterocycles. The van der Waals surface area contributed by atoms with E-state index in [9.17, 15) is 5.11 Å². The Morgan fingerprint density at radius 2 is 1.76 bits per heavy atom. The topological polar surface area (TPSA) is 32.7 Å². The van der Waals surface area contributed by atoms with Crippen LogP contribution in [0.25, 0.3) is 0 Å². The number of rotatable bonds is 11. The van der Waals surface area contributed by atoms with Crippen molar-refractivity contribution in [3.63, 3.8) is 0 Å². The van der Waals surface area contributed by atoms with Gasteiger partial charge >= 0.3 is 0 Å². The van der Waals surface area contributed by atoms with Crippen molar-refractivity contribution in [3.05, 3.63) is 29.8 Å². The fraction of sp³-hybridized carbons (Fsp3) is 0.667. The van der Waals surface area contributed by atoms with Crippen molar-refractivity contribution in [1.82, 2.24) is 4.90 Å². The molecule has 0 aliphatic carbocycles. The number of hydrogen-bond donors (Lipinski definition) is 1. The van der Waals surface area contributed by atoms with Gasteiger partial charge in [0.15, 0.2) is 0 Å². The largest absolute Gasteiger partial charge is 0.494 e. The van der Waals surface area contributed by atoms with E-state index in [2.05, 4.69) is 25.7 Å². The van der Waals surface area contributed by atoms with Gasteiger partial charge in [-0.1, -0.05) is 39.3 Å². The van der Waals surface area contributed by atoms with Gasteiger partial charge in [-0.2, -0.15) is 0 Å². The van der Waals surface area contributed by atoms with Gasteiger partial charge in [-0.3, -0.25) is 0 Å².